The zero-order valence-electron chi connectivity index (χ0n) is 15.7. The number of nitrogens with zero attached hydrogens (tertiary/aromatic N) is 2. The Morgan fingerprint density at radius 1 is 0.903 bits per heavy atom. The molecule has 0 saturated carbocycles. The molecule has 0 aliphatic heterocycles. The second-order valence-electron chi connectivity index (χ2n) is 5.99. The first kappa shape index (κ1) is 22.5. The molecule has 3 rings (SSSR count). The summed E-state index contributed by atoms with van der Waals surface area (Å²) in [6.45, 7) is 0. The monoisotopic (exact) mass is 460 g/mol. The SMILES string of the molecule is CNc1nc(Nc2cccc(SC(F)(F)F)c2)cc(-c2cccc(OC(F)(F)F)c2)n1. The predicted molar refractivity (Wildman–Crippen MR) is 105 cm³/mol. The maximum Gasteiger partial charge on any atom is 0.573 e. The van der Waals surface area contributed by atoms with Gasteiger partial charge in [0.05, 0.1) is 5.69 Å². The molecule has 12 heteroatoms. The lowest BCUT2D eigenvalue weighted by atomic mass is 10.1. The second kappa shape index (κ2) is 8.92. The number of hydrogen-bond donors (Lipinski definition) is 2. The molecule has 1 aromatic heterocycles. The van der Waals surface area contributed by atoms with Crippen LogP contribution in [-0.2, 0) is 0 Å². The lowest BCUT2D eigenvalue weighted by molar-refractivity contribution is -0.274. The number of aromatic nitrogens is 2. The van der Waals surface area contributed by atoms with Crippen LogP contribution in [0.1, 0.15) is 0 Å². The fourth-order valence-electron chi connectivity index (χ4n) is 2.54. The third kappa shape index (κ3) is 6.95. The van der Waals surface area contributed by atoms with Crippen molar-refractivity contribution in [3.8, 4) is 17.0 Å². The summed E-state index contributed by atoms with van der Waals surface area (Å²) in [5, 5.41) is 5.62. The molecule has 0 radical (unpaired) electrons. The first-order valence-corrected chi connectivity index (χ1v) is 9.38. The van der Waals surface area contributed by atoms with E-state index in [0.717, 1.165) is 6.07 Å². The van der Waals surface area contributed by atoms with Crippen LogP contribution in [0.25, 0.3) is 11.3 Å². The highest BCUT2D eigenvalue weighted by atomic mass is 32.2. The minimum atomic E-state index is -4.84. The van der Waals surface area contributed by atoms with Gasteiger partial charge < -0.3 is 15.4 Å². The molecule has 0 spiro atoms. The van der Waals surface area contributed by atoms with Crippen molar-refractivity contribution in [3.63, 3.8) is 0 Å². The van der Waals surface area contributed by atoms with Crippen molar-refractivity contribution in [2.45, 2.75) is 16.8 Å². The van der Waals surface area contributed by atoms with Crippen molar-refractivity contribution in [2.24, 2.45) is 0 Å². The fraction of sp³-hybridized carbons (Fsp3) is 0.158. The normalized spacial score (nSPS) is 11.8. The summed E-state index contributed by atoms with van der Waals surface area (Å²) < 4.78 is 79.2. The van der Waals surface area contributed by atoms with E-state index in [1.807, 2.05) is 0 Å². The van der Waals surface area contributed by atoms with Crippen LogP contribution in [0.2, 0.25) is 0 Å². The van der Waals surface area contributed by atoms with Gasteiger partial charge in [-0.05, 0) is 42.1 Å². The summed E-state index contributed by atoms with van der Waals surface area (Å²) in [6, 6.07) is 12.3. The van der Waals surface area contributed by atoms with Gasteiger partial charge in [-0.3, -0.25) is 0 Å². The van der Waals surface area contributed by atoms with Crippen LogP contribution in [0.5, 0.6) is 5.75 Å². The summed E-state index contributed by atoms with van der Waals surface area (Å²) in [4.78, 5) is 8.38. The van der Waals surface area contributed by atoms with Crippen LogP contribution < -0.4 is 15.4 Å². The maximum absolute atomic E-state index is 12.6. The number of alkyl halides is 6. The molecule has 1 heterocycles. The van der Waals surface area contributed by atoms with Gasteiger partial charge in [-0.2, -0.15) is 18.2 Å². The van der Waals surface area contributed by atoms with E-state index in [1.165, 1.54) is 42.5 Å². The van der Waals surface area contributed by atoms with E-state index in [0.29, 0.717) is 11.3 Å². The molecule has 2 aromatic carbocycles. The minimum Gasteiger partial charge on any atom is -0.406 e. The Balaban J connectivity index is 1.90. The third-order valence-corrected chi connectivity index (χ3v) is 4.37. The molecule has 164 valence electrons. The largest absolute Gasteiger partial charge is 0.573 e. The quantitative estimate of drug-likeness (QED) is 0.326. The summed E-state index contributed by atoms with van der Waals surface area (Å²) >= 11 is -0.252. The molecule has 2 N–H and O–H groups in total. The Kier molecular flexibility index (Phi) is 6.48. The number of hydrogen-bond acceptors (Lipinski definition) is 6. The molecule has 0 fully saturated rings. The molecule has 0 saturated heterocycles. The number of benzene rings is 2. The van der Waals surface area contributed by atoms with Crippen LogP contribution in [0.15, 0.2) is 59.5 Å². The van der Waals surface area contributed by atoms with Gasteiger partial charge in [0.25, 0.3) is 0 Å². The molecule has 0 unspecified atom stereocenters. The molecule has 5 nitrogen and oxygen atoms in total. The van der Waals surface area contributed by atoms with Crippen LogP contribution >= 0.6 is 11.8 Å². The zero-order chi connectivity index (χ0) is 22.6. The molecule has 0 amide bonds. The lowest BCUT2D eigenvalue weighted by Crippen LogP contribution is -2.17. The Morgan fingerprint density at radius 3 is 2.32 bits per heavy atom. The molecular formula is C19H14F6N4OS. The Bertz CT molecular complexity index is 1060. The predicted octanol–water partition coefficient (Wildman–Crippen LogP) is 6.44. The first-order valence-electron chi connectivity index (χ1n) is 8.56. The Hall–Kier alpha value is -3.15. The van der Waals surface area contributed by atoms with E-state index in [1.54, 1.807) is 13.1 Å². The summed E-state index contributed by atoms with van der Waals surface area (Å²) in [6.07, 6.45) is -4.84. The standard InChI is InChI=1S/C19H14F6N4OS/c1-26-17-28-15(11-4-2-6-13(8-11)30-18(20,21)22)10-16(29-17)27-12-5-3-7-14(9-12)31-19(23,24)25/h2-10H,1H3,(H2,26,27,28,29). The fourth-order valence-corrected chi connectivity index (χ4v) is 3.14. The van der Waals surface area contributed by atoms with Gasteiger partial charge in [-0.25, -0.2) is 4.98 Å². The first-order chi connectivity index (χ1) is 14.5. The molecule has 0 atom stereocenters. The molecule has 0 bridgehead atoms. The highest BCUT2D eigenvalue weighted by molar-refractivity contribution is 8.00. The Labute approximate surface area is 176 Å². The topological polar surface area (TPSA) is 59.1 Å². The van der Waals surface area contributed by atoms with E-state index >= 15 is 0 Å². The van der Waals surface area contributed by atoms with Crippen molar-refractivity contribution in [3.05, 3.63) is 54.6 Å². The number of anilines is 3. The van der Waals surface area contributed by atoms with Crippen molar-refractivity contribution < 1.29 is 31.1 Å². The Morgan fingerprint density at radius 2 is 1.65 bits per heavy atom. The van der Waals surface area contributed by atoms with Crippen LogP contribution in [0.3, 0.4) is 0 Å². The number of nitrogens with one attached hydrogen (secondary N) is 2. The average Bonchev–Trinajstić information content (AvgIpc) is 2.65. The number of halogens is 6. The summed E-state index contributed by atoms with van der Waals surface area (Å²) in [7, 11) is 1.55. The van der Waals surface area contributed by atoms with Crippen molar-refractivity contribution in [1.29, 1.82) is 0 Å². The number of thioether (sulfide) groups is 1. The van der Waals surface area contributed by atoms with Crippen molar-refractivity contribution >= 4 is 29.2 Å². The van der Waals surface area contributed by atoms with Gasteiger partial charge in [0.15, 0.2) is 0 Å². The van der Waals surface area contributed by atoms with E-state index < -0.39 is 17.6 Å². The average molecular weight is 460 g/mol. The van der Waals surface area contributed by atoms with Crippen LogP contribution in [0, 0.1) is 0 Å². The van der Waals surface area contributed by atoms with Crippen molar-refractivity contribution in [2.75, 3.05) is 17.7 Å². The van der Waals surface area contributed by atoms with E-state index in [9.17, 15) is 26.3 Å². The number of rotatable bonds is 6. The highest BCUT2D eigenvalue weighted by Gasteiger charge is 2.31. The summed E-state index contributed by atoms with van der Waals surface area (Å²) in [5.74, 6) is -0.0328. The van der Waals surface area contributed by atoms with Gasteiger partial charge in [-0.1, -0.05) is 18.2 Å². The van der Waals surface area contributed by atoms with Crippen molar-refractivity contribution in [1.82, 2.24) is 9.97 Å². The third-order valence-electron chi connectivity index (χ3n) is 3.65. The van der Waals surface area contributed by atoms with Gasteiger partial charge in [0.2, 0.25) is 5.95 Å². The van der Waals surface area contributed by atoms with Crippen LogP contribution in [0.4, 0.5) is 43.8 Å². The smallest absolute Gasteiger partial charge is 0.406 e. The van der Waals surface area contributed by atoms with Gasteiger partial charge in [0.1, 0.15) is 11.6 Å². The van der Waals surface area contributed by atoms with Crippen LogP contribution in [-0.4, -0.2) is 28.9 Å². The second-order valence-corrected chi connectivity index (χ2v) is 7.13. The van der Waals surface area contributed by atoms with E-state index in [4.69, 9.17) is 0 Å². The number of ether oxygens (including phenoxy) is 1. The minimum absolute atomic E-state index is 0.0161. The molecular weight excluding hydrogens is 446 g/mol. The molecule has 0 aliphatic rings. The van der Waals surface area contributed by atoms with Gasteiger partial charge in [-0.15, -0.1) is 13.2 Å². The van der Waals surface area contributed by atoms with Gasteiger partial charge in [0, 0.05) is 29.3 Å². The van der Waals surface area contributed by atoms with E-state index in [-0.39, 0.29) is 34.1 Å². The van der Waals surface area contributed by atoms with E-state index in [2.05, 4.69) is 25.3 Å². The lowest BCUT2D eigenvalue weighted by Gasteiger charge is -2.13. The zero-order valence-corrected chi connectivity index (χ0v) is 16.5. The highest BCUT2D eigenvalue weighted by Crippen LogP contribution is 2.38. The van der Waals surface area contributed by atoms with Gasteiger partial charge >= 0.3 is 11.9 Å². The molecule has 31 heavy (non-hydrogen) atoms. The maximum atomic E-state index is 12.6. The molecule has 3 aromatic rings. The summed E-state index contributed by atoms with van der Waals surface area (Å²) in [5.41, 5.74) is -3.49. The molecule has 0 aliphatic carbocycles.